The average Bonchev–Trinajstić information content (AvgIpc) is 3.03. The number of aryl methyl sites for hydroxylation is 2. The van der Waals surface area contributed by atoms with Crippen LogP contribution in [-0.4, -0.2) is 19.9 Å². The molecule has 0 aliphatic heterocycles. The molecule has 0 aliphatic carbocycles. The summed E-state index contributed by atoms with van der Waals surface area (Å²) in [7, 11) is 1.91. The molecule has 4 rings (SSSR count). The Morgan fingerprint density at radius 2 is 1.84 bits per heavy atom. The molecule has 0 aliphatic rings. The summed E-state index contributed by atoms with van der Waals surface area (Å²) in [5.74, 6) is 1.05. The lowest BCUT2D eigenvalue weighted by molar-refractivity contribution is 0.475. The van der Waals surface area contributed by atoms with Crippen LogP contribution in [0.4, 0.5) is 11.5 Å². The van der Waals surface area contributed by atoms with Gasteiger partial charge in [-0.15, -0.1) is 0 Å². The molecule has 0 atom stereocenters. The zero-order valence-corrected chi connectivity index (χ0v) is 14.1. The summed E-state index contributed by atoms with van der Waals surface area (Å²) in [5.41, 5.74) is 3.97. The van der Waals surface area contributed by atoms with E-state index in [1.165, 1.54) is 0 Å². The van der Waals surface area contributed by atoms with Gasteiger partial charge in [0.15, 0.2) is 0 Å². The van der Waals surface area contributed by atoms with Gasteiger partial charge in [-0.05, 0) is 36.1 Å². The molecule has 2 N–H and O–H groups in total. The maximum Gasteiger partial charge on any atom is 0.138 e. The normalized spacial score (nSPS) is 11.0. The van der Waals surface area contributed by atoms with E-state index in [1.807, 2.05) is 50.8 Å². The van der Waals surface area contributed by atoms with Gasteiger partial charge in [0.2, 0.25) is 0 Å². The van der Waals surface area contributed by atoms with Crippen LogP contribution in [0.25, 0.3) is 21.9 Å². The Bertz CT molecular complexity index is 1070. The number of aromatic nitrogens is 3. The maximum atomic E-state index is 9.59. The lowest BCUT2D eigenvalue weighted by Gasteiger charge is -2.13. The number of nitrogens with zero attached hydrogens (tertiary/aromatic N) is 3. The van der Waals surface area contributed by atoms with Crippen LogP contribution in [0, 0.1) is 6.92 Å². The first-order chi connectivity index (χ1) is 12.1. The average molecular weight is 330 g/mol. The van der Waals surface area contributed by atoms with Crippen molar-refractivity contribution in [2.75, 3.05) is 5.32 Å². The largest absolute Gasteiger partial charge is 0.508 e. The van der Waals surface area contributed by atoms with E-state index in [0.717, 1.165) is 39.0 Å². The summed E-state index contributed by atoms with van der Waals surface area (Å²) in [5, 5.41) is 19.4. The third kappa shape index (κ3) is 2.80. The highest BCUT2D eigenvalue weighted by Crippen LogP contribution is 2.33. The zero-order chi connectivity index (χ0) is 17.4. The van der Waals surface area contributed by atoms with E-state index in [2.05, 4.69) is 27.5 Å². The van der Waals surface area contributed by atoms with Crippen molar-refractivity contribution in [3.63, 3.8) is 0 Å². The van der Waals surface area contributed by atoms with E-state index in [-0.39, 0.29) is 5.75 Å². The maximum absolute atomic E-state index is 9.59. The molecule has 124 valence electrons. The lowest BCUT2D eigenvalue weighted by Crippen LogP contribution is -1.97. The summed E-state index contributed by atoms with van der Waals surface area (Å²) in [4.78, 5) is 4.64. The Kier molecular flexibility index (Phi) is 3.61. The summed E-state index contributed by atoms with van der Waals surface area (Å²) < 4.78 is 1.79. The van der Waals surface area contributed by atoms with Crippen LogP contribution in [0.1, 0.15) is 5.56 Å². The fourth-order valence-electron chi connectivity index (χ4n) is 3.00. The van der Waals surface area contributed by atoms with E-state index in [1.54, 1.807) is 16.8 Å². The molecule has 2 aromatic heterocycles. The predicted molar refractivity (Wildman–Crippen MR) is 100 cm³/mol. The van der Waals surface area contributed by atoms with Gasteiger partial charge in [0, 0.05) is 41.6 Å². The molecule has 0 unspecified atom stereocenters. The zero-order valence-electron chi connectivity index (χ0n) is 14.1. The molecule has 0 amide bonds. The number of nitrogens with one attached hydrogen (secondary N) is 1. The van der Waals surface area contributed by atoms with Crippen LogP contribution in [0.3, 0.4) is 0 Å². The number of aromatic hydroxyl groups is 1. The standard InChI is InChI=1S/C20H18N4O/c1-13-9-15(25)7-8-19(13)23-20-17-6-4-3-5-16(17)18(11-21-20)14-10-22-24(2)12-14/h3-12,25H,1-2H3,(H,21,23). The number of hydrogen-bond donors (Lipinski definition) is 2. The van der Waals surface area contributed by atoms with Crippen molar-refractivity contribution < 1.29 is 5.11 Å². The molecule has 5 nitrogen and oxygen atoms in total. The molecule has 0 saturated heterocycles. The van der Waals surface area contributed by atoms with Crippen molar-refractivity contribution >= 4 is 22.3 Å². The van der Waals surface area contributed by atoms with E-state index < -0.39 is 0 Å². The highest BCUT2D eigenvalue weighted by Gasteiger charge is 2.11. The number of fused-ring (bicyclic) bond motifs is 1. The Morgan fingerprint density at radius 3 is 2.56 bits per heavy atom. The molecule has 0 fully saturated rings. The fraction of sp³-hybridized carbons (Fsp3) is 0.100. The number of rotatable bonds is 3. The van der Waals surface area contributed by atoms with Gasteiger partial charge in [-0.1, -0.05) is 24.3 Å². The Balaban J connectivity index is 1.83. The van der Waals surface area contributed by atoms with Crippen molar-refractivity contribution in [3.8, 4) is 16.9 Å². The van der Waals surface area contributed by atoms with E-state index in [4.69, 9.17) is 0 Å². The summed E-state index contributed by atoms with van der Waals surface area (Å²) in [6, 6.07) is 13.4. The second-order valence-corrected chi connectivity index (χ2v) is 6.09. The molecule has 2 aromatic carbocycles. The van der Waals surface area contributed by atoms with Crippen LogP contribution < -0.4 is 5.32 Å². The number of benzene rings is 2. The SMILES string of the molecule is Cc1cc(O)ccc1Nc1ncc(-c2cnn(C)c2)c2ccccc12. The van der Waals surface area contributed by atoms with Crippen LogP contribution in [0.5, 0.6) is 5.75 Å². The molecule has 25 heavy (non-hydrogen) atoms. The summed E-state index contributed by atoms with van der Waals surface area (Å²) in [6.45, 7) is 1.95. The highest BCUT2D eigenvalue weighted by atomic mass is 16.3. The minimum absolute atomic E-state index is 0.257. The van der Waals surface area contributed by atoms with Gasteiger partial charge < -0.3 is 10.4 Å². The number of anilines is 2. The Morgan fingerprint density at radius 1 is 1.04 bits per heavy atom. The molecule has 0 saturated carbocycles. The van der Waals surface area contributed by atoms with E-state index in [0.29, 0.717) is 0 Å². The first-order valence-electron chi connectivity index (χ1n) is 8.05. The Hall–Kier alpha value is -3.34. The number of pyridine rings is 1. The monoisotopic (exact) mass is 330 g/mol. The fourth-order valence-corrected chi connectivity index (χ4v) is 3.00. The van der Waals surface area contributed by atoms with Gasteiger partial charge in [0.05, 0.1) is 6.20 Å². The molecule has 5 heteroatoms. The summed E-state index contributed by atoms with van der Waals surface area (Å²) >= 11 is 0. The van der Waals surface area contributed by atoms with Crippen molar-refractivity contribution in [1.29, 1.82) is 0 Å². The van der Waals surface area contributed by atoms with Crippen LogP contribution >= 0.6 is 0 Å². The van der Waals surface area contributed by atoms with E-state index >= 15 is 0 Å². The molecule has 0 spiro atoms. The predicted octanol–water partition coefficient (Wildman–Crippen LogP) is 4.39. The van der Waals surface area contributed by atoms with Gasteiger partial charge in [0.25, 0.3) is 0 Å². The minimum Gasteiger partial charge on any atom is -0.508 e. The Labute approximate surface area is 145 Å². The van der Waals surface area contributed by atoms with E-state index in [9.17, 15) is 5.11 Å². The first kappa shape index (κ1) is 15.2. The number of phenolic OH excluding ortho intramolecular Hbond substituents is 1. The first-order valence-corrected chi connectivity index (χ1v) is 8.05. The van der Waals surface area contributed by atoms with Crippen molar-refractivity contribution in [3.05, 3.63) is 66.6 Å². The smallest absolute Gasteiger partial charge is 0.138 e. The second kappa shape index (κ2) is 5.94. The molecule has 4 aromatic rings. The molecular weight excluding hydrogens is 312 g/mol. The van der Waals surface area contributed by atoms with Crippen molar-refractivity contribution in [1.82, 2.24) is 14.8 Å². The minimum atomic E-state index is 0.257. The quantitative estimate of drug-likeness (QED) is 0.547. The van der Waals surface area contributed by atoms with Crippen LogP contribution in [0.2, 0.25) is 0 Å². The van der Waals surface area contributed by atoms with Gasteiger partial charge >= 0.3 is 0 Å². The molecule has 0 bridgehead atoms. The number of hydrogen-bond acceptors (Lipinski definition) is 4. The third-order valence-corrected chi connectivity index (χ3v) is 4.27. The summed E-state index contributed by atoms with van der Waals surface area (Å²) in [6.07, 6.45) is 5.71. The van der Waals surface area contributed by atoms with Gasteiger partial charge in [-0.25, -0.2) is 4.98 Å². The van der Waals surface area contributed by atoms with Crippen molar-refractivity contribution in [2.24, 2.45) is 7.05 Å². The van der Waals surface area contributed by atoms with Crippen molar-refractivity contribution in [2.45, 2.75) is 6.92 Å². The highest BCUT2D eigenvalue weighted by molar-refractivity contribution is 6.02. The van der Waals surface area contributed by atoms with Crippen LogP contribution in [-0.2, 0) is 7.05 Å². The lowest BCUT2D eigenvalue weighted by atomic mass is 10.0. The van der Waals surface area contributed by atoms with Gasteiger partial charge in [0.1, 0.15) is 11.6 Å². The molecular formula is C20H18N4O. The van der Waals surface area contributed by atoms with Gasteiger partial charge in [-0.3, -0.25) is 4.68 Å². The molecule has 2 heterocycles. The molecule has 0 radical (unpaired) electrons. The van der Waals surface area contributed by atoms with Gasteiger partial charge in [-0.2, -0.15) is 5.10 Å². The number of phenols is 1. The third-order valence-electron chi connectivity index (χ3n) is 4.27. The second-order valence-electron chi connectivity index (χ2n) is 6.09. The topological polar surface area (TPSA) is 63.0 Å². The van der Waals surface area contributed by atoms with Crippen LogP contribution in [0.15, 0.2) is 61.1 Å².